The number of benzene rings is 1. The molecule has 0 fully saturated rings. The Morgan fingerprint density at radius 3 is 3.00 bits per heavy atom. The second kappa shape index (κ2) is 6.36. The minimum absolute atomic E-state index is 0.172. The Kier molecular flexibility index (Phi) is 4.27. The molecule has 0 saturated heterocycles. The van der Waals surface area contributed by atoms with Crippen molar-refractivity contribution in [3.8, 4) is 0 Å². The van der Waals surface area contributed by atoms with Gasteiger partial charge in [0.25, 0.3) is 0 Å². The predicted molar refractivity (Wildman–Crippen MR) is 83.8 cm³/mol. The number of hydrogen-bond donors (Lipinski definition) is 1. The van der Waals surface area contributed by atoms with Crippen LogP contribution >= 0.6 is 0 Å². The Labute approximate surface area is 132 Å². The first-order valence-electron chi connectivity index (χ1n) is 7.77. The van der Waals surface area contributed by atoms with Crippen LogP contribution in [0, 0.1) is 12.7 Å². The number of amides is 1. The van der Waals surface area contributed by atoms with Crippen molar-refractivity contribution in [2.75, 3.05) is 5.32 Å². The summed E-state index contributed by atoms with van der Waals surface area (Å²) in [6.07, 6.45) is 3.80. The van der Waals surface area contributed by atoms with Gasteiger partial charge in [-0.05, 0) is 37.5 Å². The van der Waals surface area contributed by atoms with Crippen LogP contribution in [0.25, 0.3) is 0 Å². The number of fused-ring (bicyclic) bond motifs is 1. The van der Waals surface area contributed by atoms with Gasteiger partial charge in [0.1, 0.15) is 18.2 Å². The van der Waals surface area contributed by atoms with E-state index in [0.717, 1.165) is 37.1 Å². The minimum atomic E-state index is -0.420. The summed E-state index contributed by atoms with van der Waals surface area (Å²) in [5.41, 5.74) is 0.907. The Hall–Kier alpha value is -2.44. The molecule has 1 N–H and O–H groups in total. The molecule has 0 aliphatic carbocycles. The molecule has 0 unspecified atom stereocenters. The van der Waals surface area contributed by atoms with Crippen LogP contribution in [-0.2, 0) is 24.3 Å². The first kappa shape index (κ1) is 15.5. The second-order valence-corrected chi connectivity index (χ2v) is 5.83. The van der Waals surface area contributed by atoms with Gasteiger partial charge in [-0.15, -0.1) is 0 Å². The summed E-state index contributed by atoms with van der Waals surface area (Å²) in [6.45, 7) is 2.26. The molecule has 1 aliphatic heterocycles. The third-order valence-electron chi connectivity index (χ3n) is 4.05. The van der Waals surface area contributed by atoms with Gasteiger partial charge in [0.05, 0.1) is 0 Å². The normalized spacial score (nSPS) is 14.2. The molecule has 1 aromatic carbocycles. The summed E-state index contributed by atoms with van der Waals surface area (Å²) in [6, 6.07) is 4.19. The van der Waals surface area contributed by atoms with Crippen molar-refractivity contribution in [3.63, 3.8) is 0 Å². The average molecular weight is 318 g/mol. The smallest absolute Gasteiger partial charge is 0.324 e. The van der Waals surface area contributed by atoms with Gasteiger partial charge in [-0.2, -0.15) is 5.10 Å². The molecule has 2 heterocycles. The molecule has 6 nitrogen and oxygen atoms in total. The third-order valence-corrected chi connectivity index (χ3v) is 4.05. The van der Waals surface area contributed by atoms with Crippen LogP contribution in [-0.4, -0.2) is 20.3 Å². The van der Waals surface area contributed by atoms with Crippen LogP contribution in [0.5, 0.6) is 0 Å². The third kappa shape index (κ3) is 3.33. The average Bonchev–Trinajstić information content (AvgIpc) is 2.68. The molecule has 122 valence electrons. The van der Waals surface area contributed by atoms with Crippen molar-refractivity contribution in [1.29, 1.82) is 0 Å². The first-order valence-corrected chi connectivity index (χ1v) is 7.77. The molecule has 2 aromatic rings. The van der Waals surface area contributed by atoms with E-state index in [1.165, 1.54) is 16.8 Å². The van der Waals surface area contributed by atoms with Crippen LogP contribution in [0.2, 0.25) is 0 Å². The van der Waals surface area contributed by atoms with Crippen molar-refractivity contribution in [1.82, 2.24) is 14.3 Å². The molecule has 1 amide bonds. The second-order valence-electron chi connectivity index (χ2n) is 5.83. The molecule has 1 aromatic heterocycles. The zero-order chi connectivity index (χ0) is 16.4. The van der Waals surface area contributed by atoms with Gasteiger partial charge in [-0.3, -0.25) is 9.36 Å². The number of carbonyl (C=O) groups excluding carboxylic acids is 1. The number of halogens is 1. The summed E-state index contributed by atoms with van der Waals surface area (Å²) >= 11 is 0. The lowest BCUT2D eigenvalue weighted by molar-refractivity contribution is -0.117. The minimum Gasteiger partial charge on any atom is -0.324 e. The topological polar surface area (TPSA) is 68.9 Å². The quantitative estimate of drug-likeness (QED) is 0.939. The van der Waals surface area contributed by atoms with Crippen LogP contribution in [0.1, 0.15) is 30.7 Å². The zero-order valence-electron chi connectivity index (χ0n) is 13.0. The van der Waals surface area contributed by atoms with Crippen LogP contribution in [0.15, 0.2) is 23.0 Å². The fraction of sp³-hybridized carbons (Fsp3) is 0.438. The van der Waals surface area contributed by atoms with Crippen LogP contribution in [0.3, 0.4) is 0 Å². The standard InChI is InChI=1S/C16H19FN4O2/c1-11-6-7-12(17)9-13(11)18-15(22)10-21-16(23)20-8-4-2-3-5-14(20)19-21/h6-7,9H,2-5,8,10H2,1H3,(H,18,22). The van der Waals surface area contributed by atoms with Gasteiger partial charge in [-0.1, -0.05) is 12.5 Å². The van der Waals surface area contributed by atoms with E-state index < -0.39 is 11.7 Å². The summed E-state index contributed by atoms with van der Waals surface area (Å²) in [4.78, 5) is 24.4. The van der Waals surface area contributed by atoms with Crippen LogP contribution < -0.4 is 11.0 Å². The number of nitrogens with zero attached hydrogens (tertiary/aromatic N) is 3. The van der Waals surface area contributed by atoms with E-state index in [1.807, 2.05) is 0 Å². The fourth-order valence-corrected chi connectivity index (χ4v) is 2.78. The highest BCUT2D eigenvalue weighted by atomic mass is 19.1. The Bertz CT molecular complexity index is 794. The maximum atomic E-state index is 13.3. The van der Waals surface area contributed by atoms with E-state index in [1.54, 1.807) is 17.6 Å². The number of carbonyl (C=O) groups is 1. The van der Waals surface area contributed by atoms with Crippen molar-refractivity contribution in [2.45, 2.75) is 45.7 Å². The lowest BCUT2D eigenvalue weighted by Crippen LogP contribution is -2.30. The van der Waals surface area contributed by atoms with Crippen molar-refractivity contribution < 1.29 is 9.18 Å². The molecule has 0 radical (unpaired) electrons. The van der Waals surface area contributed by atoms with Gasteiger partial charge in [0.15, 0.2) is 0 Å². The SMILES string of the molecule is Cc1ccc(F)cc1NC(=O)Cn1nc2n(c1=O)CCCCC2. The lowest BCUT2D eigenvalue weighted by atomic mass is 10.2. The number of hydrogen-bond acceptors (Lipinski definition) is 3. The van der Waals surface area contributed by atoms with Gasteiger partial charge >= 0.3 is 5.69 Å². The van der Waals surface area contributed by atoms with Crippen molar-refractivity contribution in [2.24, 2.45) is 0 Å². The fourth-order valence-electron chi connectivity index (χ4n) is 2.78. The van der Waals surface area contributed by atoms with Gasteiger partial charge < -0.3 is 5.32 Å². The lowest BCUT2D eigenvalue weighted by Gasteiger charge is -2.08. The maximum Gasteiger partial charge on any atom is 0.346 e. The van der Waals surface area contributed by atoms with Gasteiger partial charge in [0, 0.05) is 18.7 Å². The molecular weight excluding hydrogens is 299 g/mol. The molecule has 23 heavy (non-hydrogen) atoms. The molecule has 0 atom stereocenters. The largest absolute Gasteiger partial charge is 0.346 e. The predicted octanol–water partition coefficient (Wildman–Crippen LogP) is 1.86. The van der Waals surface area contributed by atoms with Crippen LogP contribution in [0.4, 0.5) is 10.1 Å². The van der Waals surface area contributed by atoms with E-state index in [4.69, 9.17) is 0 Å². The number of rotatable bonds is 3. The summed E-state index contributed by atoms with van der Waals surface area (Å²) in [5, 5.41) is 6.90. The highest BCUT2D eigenvalue weighted by Gasteiger charge is 2.17. The number of nitrogens with one attached hydrogen (secondary N) is 1. The molecule has 1 aliphatic rings. The Morgan fingerprint density at radius 1 is 1.35 bits per heavy atom. The highest BCUT2D eigenvalue weighted by Crippen LogP contribution is 2.16. The summed E-state index contributed by atoms with van der Waals surface area (Å²) < 4.78 is 16.1. The van der Waals surface area contributed by atoms with E-state index in [0.29, 0.717) is 12.2 Å². The monoisotopic (exact) mass is 318 g/mol. The van der Waals surface area contributed by atoms with E-state index in [2.05, 4.69) is 10.4 Å². The number of anilines is 1. The maximum absolute atomic E-state index is 13.3. The molecular formula is C16H19FN4O2. The van der Waals surface area contributed by atoms with Gasteiger partial charge in [0.2, 0.25) is 5.91 Å². The van der Waals surface area contributed by atoms with E-state index in [9.17, 15) is 14.0 Å². The van der Waals surface area contributed by atoms with Crippen molar-refractivity contribution in [3.05, 3.63) is 45.9 Å². The van der Waals surface area contributed by atoms with Crippen molar-refractivity contribution >= 4 is 11.6 Å². The molecule has 0 saturated carbocycles. The van der Waals surface area contributed by atoms with E-state index in [-0.39, 0.29) is 12.2 Å². The molecule has 0 spiro atoms. The highest BCUT2D eigenvalue weighted by molar-refractivity contribution is 5.91. The van der Waals surface area contributed by atoms with E-state index >= 15 is 0 Å². The molecule has 0 bridgehead atoms. The number of aromatic nitrogens is 3. The zero-order valence-corrected chi connectivity index (χ0v) is 13.0. The Balaban J connectivity index is 1.76. The Morgan fingerprint density at radius 2 is 2.17 bits per heavy atom. The summed E-state index contributed by atoms with van der Waals surface area (Å²) in [7, 11) is 0. The molecule has 3 rings (SSSR count). The molecule has 7 heteroatoms. The van der Waals surface area contributed by atoms with Gasteiger partial charge in [-0.25, -0.2) is 13.9 Å². The number of aryl methyl sites for hydroxylation is 2. The summed E-state index contributed by atoms with van der Waals surface area (Å²) in [5.74, 6) is -0.0759. The first-order chi connectivity index (χ1) is 11.0.